The van der Waals surface area contributed by atoms with E-state index < -0.39 is 11.6 Å². The van der Waals surface area contributed by atoms with Gasteiger partial charge in [0.1, 0.15) is 12.1 Å². The van der Waals surface area contributed by atoms with Crippen LogP contribution in [0.2, 0.25) is 0 Å². The van der Waals surface area contributed by atoms with Gasteiger partial charge < -0.3 is 10.6 Å². The van der Waals surface area contributed by atoms with Crippen LogP contribution in [0, 0.1) is 5.92 Å². The molecule has 27 heavy (non-hydrogen) atoms. The number of benzene rings is 1. The number of anilines is 1. The Morgan fingerprint density at radius 2 is 1.74 bits per heavy atom. The topological polar surface area (TPSA) is 78.5 Å². The van der Waals surface area contributed by atoms with Crippen LogP contribution < -0.4 is 10.6 Å². The van der Waals surface area contributed by atoms with Crippen LogP contribution in [-0.4, -0.2) is 34.8 Å². The third-order valence-electron chi connectivity index (χ3n) is 5.63. The Morgan fingerprint density at radius 1 is 1.19 bits per heavy atom. The van der Waals surface area contributed by atoms with E-state index in [4.69, 9.17) is 0 Å². The molecule has 1 atom stereocenters. The first-order valence-corrected chi connectivity index (χ1v) is 9.72. The molecule has 1 aromatic rings. The van der Waals surface area contributed by atoms with E-state index in [1.54, 1.807) is 6.92 Å². The van der Waals surface area contributed by atoms with Gasteiger partial charge in [-0.15, -0.1) is 0 Å². The molecule has 6 heteroatoms. The summed E-state index contributed by atoms with van der Waals surface area (Å²) in [6, 6.07) is 5.53. The number of carbonyl (C=O) groups is 3. The maximum atomic E-state index is 12.7. The molecule has 1 unspecified atom stereocenters. The summed E-state index contributed by atoms with van der Waals surface area (Å²) in [7, 11) is 0. The van der Waals surface area contributed by atoms with Crippen LogP contribution >= 0.6 is 0 Å². The number of nitrogens with one attached hydrogen (secondary N) is 2. The maximum Gasteiger partial charge on any atom is 0.325 e. The molecule has 1 aromatic carbocycles. The Labute approximate surface area is 160 Å². The van der Waals surface area contributed by atoms with Gasteiger partial charge in [-0.25, -0.2) is 4.79 Å². The molecule has 1 heterocycles. The fraction of sp³-hybridized carbons (Fsp3) is 0.571. The summed E-state index contributed by atoms with van der Waals surface area (Å²) in [6.45, 7) is 9.80. The molecule has 0 bridgehead atoms. The summed E-state index contributed by atoms with van der Waals surface area (Å²) in [5.41, 5.74) is 2.03. The van der Waals surface area contributed by atoms with Crippen molar-refractivity contribution < 1.29 is 14.4 Å². The highest BCUT2D eigenvalue weighted by Crippen LogP contribution is 2.42. The first-order chi connectivity index (χ1) is 12.6. The van der Waals surface area contributed by atoms with Gasteiger partial charge in [0.15, 0.2) is 0 Å². The van der Waals surface area contributed by atoms with E-state index in [1.165, 1.54) is 0 Å². The largest absolute Gasteiger partial charge is 0.325 e. The molecule has 146 valence electrons. The van der Waals surface area contributed by atoms with E-state index in [0.29, 0.717) is 0 Å². The Kier molecular flexibility index (Phi) is 5.02. The lowest BCUT2D eigenvalue weighted by molar-refractivity contribution is -0.134. The van der Waals surface area contributed by atoms with Crippen LogP contribution in [0.25, 0.3) is 0 Å². The fourth-order valence-electron chi connectivity index (χ4n) is 3.81. The van der Waals surface area contributed by atoms with Gasteiger partial charge in [0, 0.05) is 5.69 Å². The van der Waals surface area contributed by atoms with Gasteiger partial charge in [-0.3, -0.25) is 14.5 Å². The van der Waals surface area contributed by atoms with Crippen molar-refractivity contribution >= 4 is 23.5 Å². The predicted molar refractivity (Wildman–Crippen MR) is 105 cm³/mol. The van der Waals surface area contributed by atoms with Crippen molar-refractivity contribution in [3.05, 3.63) is 29.3 Å². The van der Waals surface area contributed by atoms with Crippen molar-refractivity contribution in [2.24, 2.45) is 5.92 Å². The van der Waals surface area contributed by atoms with Gasteiger partial charge >= 0.3 is 6.03 Å². The number of imide groups is 1. The highest BCUT2D eigenvalue weighted by molar-refractivity contribution is 6.10. The summed E-state index contributed by atoms with van der Waals surface area (Å²) >= 11 is 0. The van der Waals surface area contributed by atoms with E-state index in [1.807, 2.05) is 18.2 Å². The number of amides is 4. The minimum atomic E-state index is -0.865. The number of urea groups is 1. The number of rotatable bonds is 6. The predicted octanol–water partition coefficient (Wildman–Crippen LogP) is 3.59. The van der Waals surface area contributed by atoms with E-state index in [2.05, 4.69) is 38.3 Å². The molecule has 2 aliphatic rings. The molecule has 1 aliphatic heterocycles. The highest BCUT2D eigenvalue weighted by atomic mass is 16.2. The number of hydrogen-bond acceptors (Lipinski definition) is 3. The van der Waals surface area contributed by atoms with Crippen LogP contribution in [0.1, 0.15) is 70.4 Å². The molecule has 0 spiro atoms. The third-order valence-corrected chi connectivity index (χ3v) is 5.63. The second-order valence-electron chi connectivity index (χ2n) is 8.47. The monoisotopic (exact) mass is 371 g/mol. The van der Waals surface area contributed by atoms with Gasteiger partial charge in [0.2, 0.25) is 5.91 Å². The summed E-state index contributed by atoms with van der Waals surface area (Å²) in [5.74, 6) is 0.0129. The smallest absolute Gasteiger partial charge is 0.324 e. The van der Waals surface area contributed by atoms with Crippen molar-refractivity contribution in [2.75, 3.05) is 11.9 Å². The summed E-state index contributed by atoms with van der Waals surface area (Å²) in [5, 5.41) is 5.75. The van der Waals surface area contributed by atoms with Gasteiger partial charge in [-0.2, -0.15) is 0 Å². The lowest BCUT2D eigenvalue weighted by Crippen LogP contribution is -2.46. The normalized spacial score (nSPS) is 22.6. The minimum absolute atomic E-state index is 0.177. The molecule has 6 nitrogen and oxygen atoms in total. The molecular weight excluding hydrogens is 342 g/mol. The van der Waals surface area contributed by atoms with E-state index in [-0.39, 0.29) is 36.1 Å². The van der Waals surface area contributed by atoms with Gasteiger partial charge in [-0.05, 0) is 48.6 Å². The highest BCUT2D eigenvalue weighted by Gasteiger charge is 2.56. The van der Waals surface area contributed by atoms with Gasteiger partial charge in [-0.1, -0.05) is 45.9 Å². The SMILES string of the molecule is CC(C)c1cccc(C(C)C)c1NC(=O)CN1C(=O)NC(C)(C2CC2)C1=O. The van der Waals surface area contributed by atoms with Crippen molar-refractivity contribution in [1.82, 2.24) is 10.2 Å². The van der Waals surface area contributed by atoms with Crippen LogP contribution in [0.3, 0.4) is 0 Å². The fourth-order valence-corrected chi connectivity index (χ4v) is 3.81. The molecule has 0 radical (unpaired) electrons. The molecule has 1 saturated carbocycles. The Hall–Kier alpha value is -2.37. The average Bonchev–Trinajstić information content (AvgIpc) is 3.41. The molecule has 2 N–H and O–H groups in total. The van der Waals surface area contributed by atoms with Gasteiger partial charge in [0.25, 0.3) is 5.91 Å². The average molecular weight is 371 g/mol. The molecular formula is C21H29N3O3. The molecule has 0 aromatic heterocycles. The van der Waals surface area contributed by atoms with E-state index in [0.717, 1.165) is 34.6 Å². The molecule has 2 fully saturated rings. The van der Waals surface area contributed by atoms with Crippen LogP contribution in [0.5, 0.6) is 0 Å². The Bertz CT molecular complexity index is 757. The van der Waals surface area contributed by atoms with Crippen LogP contribution in [0.15, 0.2) is 18.2 Å². The van der Waals surface area contributed by atoms with E-state index >= 15 is 0 Å². The zero-order valence-electron chi connectivity index (χ0n) is 16.8. The summed E-state index contributed by atoms with van der Waals surface area (Å²) < 4.78 is 0. The van der Waals surface area contributed by atoms with Crippen molar-refractivity contribution in [3.8, 4) is 0 Å². The maximum absolute atomic E-state index is 12.7. The number of nitrogens with zero attached hydrogens (tertiary/aromatic N) is 1. The Morgan fingerprint density at radius 3 is 2.22 bits per heavy atom. The van der Waals surface area contributed by atoms with Crippen molar-refractivity contribution in [1.29, 1.82) is 0 Å². The molecule has 4 amide bonds. The summed E-state index contributed by atoms with van der Waals surface area (Å²) in [4.78, 5) is 38.8. The van der Waals surface area contributed by atoms with Crippen molar-refractivity contribution in [2.45, 2.75) is 64.8 Å². The third kappa shape index (κ3) is 3.57. The quantitative estimate of drug-likeness (QED) is 0.750. The lowest BCUT2D eigenvalue weighted by Gasteiger charge is -2.22. The second kappa shape index (κ2) is 6.98. The Balaban J connectivity index is 1.79. The van der Waals surface area contributed by atoms with Crippen molar-refractivity contribution in [3.63, 3.8) is 0 Å². The second-order valence-corrected chi connectivity index (χ2v) is 8.47. The molecule has 1 saturated heterocycles. The first kappa shape index (κ1) is 19.4. The minimum Gasteiger partial charge on any atom is -0.324 e. The number of carbonyl (C=O) groups excluding carboxylic acids is 3. The number of para-hydroxylation sites is 1. The first-order valence-electron chi connectivity index (χ1n) is 9.72. The lowest BCUT2D eigenvalue weighted by atomic mass is 9.92. The van der Waals surface area contributed by atoms with Gasteiger partial charge in [0.05, 0.1) is 0 Å². The van der Waals surface area contributed by atoms with Crippen LogP contribution in [0.4, 0.5) is 10.5 Å². The zero-order chi connectivity index (χ0) is 19.9. The summed E-state index contributed by atoms with van der Waals surface area (Å²) in [6.07, 6.45) is 1.87. The molecule has 1 aliphatic carbocycles. The standard InChI is InChI=1S/C21H29N3O3/c1-12(2)15-7-6-8-16(13(3)4)18(15)22-17(25)11-24-19(26)21(5,14-9-10-14)23-20(24)27/h6-8,12-14H,9-11H2,1-5H3,(H,22,25)(H,23,27). The van der Waals surface area contributed by atoms with Crippen LogP contribution in [-0.2, 0) is 9.59 Å². The number of hydrogen-bond donors (Lipinski definition) is 2. The molecule has 3 rings (SSSR count). The van der Waals surface area contributed by atoms with E-state index in [9.17, 15) is 14.4 Å². The zero-order valence-corrected chi connectivity index (χ0v) is 16.8.